The maximum Gasteiger partial charge on any atom is 0.311 e. The van der Waals surface area contributed by atoms with E-state index in [0.717, 1.165) is 51.4 Å². The van der Waals surface area contributed by atoms with Gasteiger partial charge < -0.3 is 9.47 Å². The number of carbonyl (C=O) groups is 2. The summed E-state index contributed by atoms with van der Waals surface area (Å²) < 4.78 is 10.8. The molecule has 0 spiro atoms. The largest absolute Gasteiger partial charge is 0.466 e. The number of esters is 2. The van der Waals surface area contributed by atoms with Crippen LogP contribution in [-0.2, 0) is 20.7 Å². The molecule has 0 amide bonds. The summed E-state index contributed by atoms with van der Waals surface area (Å²) in [6, 6.07) is 7.73. The molecule has 0 bridgehead atoms. The average Bonchev–Trinajstić information content (AvgIpc) is 2.88. The molecule has 0 unspecified atom stereocenters. The average molecular weight is 503 g/mol. The van der Waals surface area contributed by atoms with Crippen LogP contribution in [0.15, 0.2) is 24.3 Å². The Morgan fingerprint density at radius 3 is 1.67 bits per heavy atom. The second-order valence-corrected chi connectivity index (χ2v) is 10.2. The zero-order valence-electron chi connectivity index (χ0n) is 23.5. The van der Waals surface area contributed by atoms with E-state index in [0.29, 0.717) is 25.2 Å². The Hall–Kier alpha value is -1.84. The fourth-order valence-electron chi connectivity index (χ4n) is 4.46. The first-order chi connectivity index (χ1) is 17.7. The second kappa shape index (κ2) is 23.6. The molecule has 36 heavy (non-hydrogen) atoms. The molecule has 1 aromatic rings. The Balaban J connectivity index is 1.82. The van der Waals surface area contributed by atoms with E-state index in [-0.39, 0.29) is 11.9 Å². The van der Waals surface area contributed by atoms with Crippen LogP contribution in [0.3, 0.4) is 0 Å². The number of carbonyl (C=O) groups excluding carboxylic acids is 2. The molecule has 1 aromatic carbocycles. The van der Waals surface area contributed by atoms with Crippen molar-refractivity contribution in [1.29, 1.82) is 0 Å². The summed E-state index contributed by atoms with van der Waals surface area (Å²) in [6.07, 6.45) is 23.7. The van der Waals surface area contributed by atoms with Gasteiger partial charge in [-0.15, -0.1) is 0 Å². The zero-order valence-corrected chi connectivity index (χ0v) is 23.5. The fraction of sp³-hybridized carbons (Fsp3) is 0.750. The second-order valence-electron chi connectivity index (χ2n) is 10.2. The smallest absolute Gasteiger partial charge is 0.311 e. The van der Waals surface area contributed by atoms with Gasteiger partial charge in [-0.25, -0.2) is 0 Å². The lowest BCUT2D eigenvalue weighted by molar-refractivity contribution is -0.144. The SMILES string of the molecule is CCCCCCCCCCCCCCOC(=O)CCCCCCCCC(=O)Oc1cccc(CC)c1. The van der Waals surface area contributed by atoms with Crippen molar-refractivity contribution in [3.63, 3.8) is 0 Å². The highest BCUT2D eigenvalue weighted by molar-refractivity contribution is 5.72. The third-order valence-electron chi connectivity index (χ3n) is 6.81. The molecule has 1 rings (SSSR count). The molecule has 0 heterocycles. The molecule has 0 N–H and O–H groups in total. The van der Waals surface area contributed by atoms with Gasteiger partial charge in [0.15, 0.2) is 0 Å². The molecular formula is C32H54O4. The van der Waals surface area contributed by atoms with Gasteiger partial charge in [0.1, 0.15) is 5.75 Å². The number of unbranched alkanes of at least 4 members (excludes halogenated alkanes) is 16. The van der Waals surface area contributed by atoms with Crippen LogP contribution in [-0.4, -0.2) is 18.5 Å². The Labute approximate surface area is 221 Å². The zero-order chi connectivity index (χ0) is 26.1. The lowest BCUT2D eigenvalue weighted by Crippen LogP contribution is -2.07. The van der Waals surface area contributed by atoms with Crippen molar-refractivity contribution in [3.8, 4) is 5.75 Å². The molecule has 0 fully saturated rings. The maximum absolute atomic E-state index is 12.0. The lowest BCUT2D eigenvalue weighted by Gasteiger charge is -2.06. The summed E-state index contributed by atoms with van der Waals surface area (Å²) in [5.74, 6) is 0.442. The van der Waals surface area contributed by atoms with Crippen molar-refractivity contribution in [2.75, 3.05) is 6.61 Å². The van der Waals surface area contributed by atoms with Crippen LogP contribution in [0.5, 0.6) is 5.75 Å². The van der Waals surface area contributed by atoms with Gasteiger partial charge in [-0.2, -0.15) is 0 Å². The van der Waals surface area contributed by atoms with E-state index >= 15 is 0 Å². The Morgan fingerprint density at radius 2 is 1.11 bits per heavy atom. The van der Waals surface area contributed by atoms with Gasteiger partial charge in [0.25, 0.3) is 0 Å². The summed E-state index contributed by atoms with van der Waals surface area (Å²) in [7, 11) is 0. The molecule has 0 aliphatic heterocycles. The van der Waals surface area contributed by atoms with Gasteiger partial charge in [0, 0.05) is 12.8 Å². The molecule has 0 saturated heterocycles. The first-order valence-corrected chi connectivity index (χ1v) is 15.1. The minimum absolute atomic E-state index is 0.0482. The van der Waals surface area contributed by atoms with Gasteiger partial charge in [-0.05, 0) is 43.4 Å². The minimum Gasteiger partial charge on any atom is -0.466 e. The number of hydrogen-bond donors (Lipinski definition) is 0. The van der Waals surface area contributed by atoms with Gasteiger partial charge in [0.2, 0.25) is 0 Å². The molecular weight excluding hydrogens is 448 g/mol. The van der Waals surface area contributed by atoms with Crippen LogP contribution < -0.4 is 4.74 Å². The van der Waals surface area contributed by atoms with Crippen LogP contribution in [0.25, 0.3) is 0 Å². The number of rotatable bonds is 24. The van der Waals surface area contributed by atoms with Crippen LogP contribution in [0.4, 0.5) is 0 Å². The van der Waals surface area contributed by atoms with Crippen molar-refractivity contribution in [3.05, 3.63) is 29.8 Å². The van der Waals surface area contributed by atoms with E-state index in [9.17, 15) is 9.59 Å². The molecule has 206 valence electrons. The van der Waals surface area contributed by atoms with Crippen molar-refractivity contribution in [2.24, 2.45) is 0 Å². The first-order valence-electron chi connectivity index (χ1n) is 15.1. The highest BCUT2D eigenvalue weighted by Crippen LogP contribution is 2.16. The standard InChI is InChI=1S/C32H54O4/c1-3-5-6-7-8-9-10-11-12-15-18-21-27-35-31(33)25-19-16-13-14-17-20-26-32(34)36-30-24-22-23-29(4-2)28-30/h22-24,28H,3-21,25-27H2,1-2H3. The molecule has 0 aliphatic carbocycles. The third kappa shape index (κ3) is 19.4. The Bertz CT molecular complexity index is 670. The number of hydrogen-bond acceptors (Lipinski definition) is 4. The molecule has 0 aliphatic rings. The molecule has 4 nitrogen and oxygen atoms in total. The highest BCUT2D eigenvalue weighted by atomic mass is 16.5. The van der Waals surface area contributed by atoms with Crippen molar-refractivity contribution < 1.29 is 19.1 Å². The topological polar surface area (TPSA) is 52.6 Å². The Kier molecular flexibility index (Phi) is 21.1. The monoisotopic (exact) mass is 502 g/mol. The summed E-state index contributed by atoms with van der Waals surface area (Å²) >= 11 is 0. The Morgan fingerprint density at radius 1 is 0.611 bits per heavy atom. The van der Waals surface area contributed by atoms with E-state index in [1.54, 1.807) is 0 Å². The van der Waals surface area contributed by atoms with E-state index < -0.39 is 0 Å². The van der Waals surface area contributed by atoms with Crippen molar-refractivity contribution in [1.82, 2.24) is 0 Å². The van der Waals surface area contributed by atoms with Crippen LogP contribution in [0, 0.1) is 0 Å². The molecule has 0 saturated carbocycles. The normalized spacial score (nSPS) is 10.9. The van der Waals surface area contributed by atoms with Gasteiger partial charge in [-0.3, -0.25) is 9.59 Å². The third-order valence-corrected chi connectivity index (χ3v) is 6.81. The number of aryl methyl sites for hydroxylation is 1. The van der Waals surface area contributed by atoms with Crippen LogP contribution in [0.2, 0.25) is 0 Å². The summed E-state index contributed by atoms with van der Waals surface area (Å²) in [5.41, 5.74) is 1.17. The van der Waals surface area contributed by atoms with Crippen LogP contribution in [0.1, 0.15) is 148 Å². The molecule has 0 radical (unpaired) electrons. The van der Waals surface area contributed by atoms with Crippen molar-refractivity contribution in [2.45, 2.75) is 149 Å². The van der Waals surface area contributed by atoms with E-state index in [1.165, 1.54) is 76.2 Å². The fourth-order valence-corrected chi connectivity index (χ4v) is 4.46. The minimum atomic E-state index is -0.154. The van der Waals surface area contributed by atoms with E-state index in [1.807, 2.05) is 24.3 Å². The molecule has 4 heteroatoms. The van der Waals surface area contributed by atoms with Crippen molar-refractivity contribution >= 4 is 11.9 Å². The summed E-state index contributed by atoms with van der Waals surface area (Å²) in [6.45, 7) is 4.93. The predicted molar refractivity (Wildman–Crippen MR) is 150 cm³/mol. The lowest BCUT2D eigenvalue weighted by atomic mass is 10.1. The van der Waals surface area contributed by atoms with E-state index in [4.69, 9.17) is 9.47 Å². The molecule has 0 aromatic heterocycles. The van der Waals surface area contributed by atoms with E-state index in [2.05, 4.69) is 13.8 Å². The quantitative estimate of drug-likeness (QED) is 0.0802. The van der Waals surface area contributed by atoms with Gasteiger partial charge in [0.05, 0.1) is 6.61 Å². The number of ether oxygens (including phenoxy) is 2. The summed E-state index contributed by atoms with van der Waals surface area (Å²) in [4.78, 5) is 23.9. The van der Waals surface area contributed by atoms with Gasteiger partial charge >= 0.3 is 11.9 Å². The predicted octanol–water partition coefficient (Wildman–Crippen LogP) is 9.52. The highest BCUT2D eigenvalue weighted by Gasteiger charge is 2.06. The summed E-state index contributed by atoms with van der Waals surface area (Å²) in [5, 5.41) is 0. The van der Waals surface area contributed by atoms with Crippen LogP contribution >= 0.6 is 0 Å². The number of benzene rings is 1. The van der Waals surface area contributed by atoms with Gasteiger partial charge in [-0.1, -0.05) is 122 Å². The molecule has 0 atom stereocenters. The first kappa shape index (κ1) is 32.2. The maximum atomic E-state index is 12.0.